The number of esters is 1. The summed E-state index contributed by atoms with van der Waals surface area (Å²) in [4.78, 5) is 59.2. The summed E-state index contributed by atoms with van der Waals surface area (Å²) >= 11 is 0. The Morgan fingerprint density at radius 1 is 0.938 bits per heavy atom. The van der Waals surface area contributed by atoms with Gasteiger partial charge in [-0.1, -0.05) is 30.3 Å². The fourth-order valence-electron chi connectivity index (χ4n) is 5.30. The lowest BCUT2D eigenvalue weighted by Crippen LogP contribution is -2.50. The molecule has 3 aromatic rings. The molecule has 256 valence electrons. The topological polar surface area (TPSA) is 125 Å². The Balaban J connectivity index is 1.44. The predicted molar refractivity (Wildman–Crippen MR) is 183 cm³/mol. The Hall–Kier alpha value is -4.97. The predicted octanol–water partition coefficient (Wildman–Crippen LogP) is 4.73. The fraction of sp³-hybridized carbons (Fsp3) is 0.417. The van der Waals surface area contributed by atoms with E-state index in [-0.39, 0.29) is 38.0 Å². The molecule has 12 nitrogen and oxygen atoms in total. The monoisotopic (exact) mass is 658 g/mol. The first-order valence-corrected chi connectivity index (χ1v) is 16.0. The Bertz CT molecular complexity index is 1590. The van der Waals surface area contributed by atoms with Gasteiger partial charge in [0.25, 0.3) is 5.91 Å². The van der Waals surface area contributed by atoms with Crippen molar-refractivity contribution in [2.45, 2.75) is 53.3 Å². The van der Waals surface area contributed by atoms with Crippen LogP contribution in [0.25, 0.3) is 11.3 Å². The van der Waals surface area contributed by atoms with Gasteiger partial charge in [0, 0.05) is 57.2 Å². The molecule has 0 radical (unpaired) electrons. The van der Waals surface area contributed by atoms with E-state index in [1.54, 1.807) is 45.0 Å². The number of methoxy groups -OCH3 is 1. The minimum absolute atomic E-state index is 0.0586. The molecule has 0 unspecified atom stereocenters. The zero-order valence-electron chi connectivity index (χ0n) is 28.9. The number of hydrogen-bond acceptors (Lipinski definition) is 9. The summed E-state index contributed by atoms with van der Waals surface area (Å²) in [5.41, 5.74) is 5.21. The van der Waals surface area contributed by atoms with Crippen LogP contribution in [0, 0.1) is 6.92 Å². The molecule has 0 spiro atoms. The summed E-state index contributed by atoms with van der Waals surface area (Å²) < 4.78 is 10.3. The Morgan fingerprint density at radius 2 is 1.60 bits per heavy atom. The molecule has 2 aromatic carbocycles. The van der Waals surface area contributed by atoms with Crippen molar-refractivity contribution in [3.8, 4) is 11.3 Å². The number of pyridine rings is 1. The number of ether oxygens (including phenoxy) is 2. The largest absolute Gasteiger partial charge is 0.465 e. The van der Waals surface area contributed by atoms with Crippen molar-refractivity contribution >= 4 is 29.6 Å². The van der Waals surface area contributed by atoms with Gasteiger partial charge in [0.05, 0.1) is 24.9 Å². The number of fused-ring (bicyclic) bond motifs is 1. The van der Waals surface area contributed by atoms with Gasteiger partial charge >= 0.3 is 12.1 Å². The maximum absolute atomic E-state index is 13.7. The molecule has 12 heteroatoms. The van der Waals surface area contributed by atoms with Crippen LogP contribution in [-0.2, 0) is 32.2 Å². The second kappa shape index (κ2) is 15.7. The highest BCUT2D eigenvalue weighted by Gasteiger charge is 2.28. The minimum atomic E-state index is -0.661. The molecule has 2 heterocycles. The average Bonchev–Trinajstić information content (AvgIpc) is 3.50. The quantitative estimate of drug-likeness (QED) is 0.275. The summed E-state index contributed by atoms with van der Waals surface area (Å²) in [6.07, 6.45) is 0.999. The number of hydrazine groups is 1. The van der Waals surface area contributed by atoms with Crippen LogP contribution < -0.4 is 5.32 Å². The summed E-state index contributed by atoms with van der Waals surface area (Å²) in [7, 11) is 3.04. The van der Waals surface area contributed by atoms with E-state index in [0.717, 1.165) is 16.8 Å². The van der Waals surface area contributed by atoms with E-state index in [9.17, 15) is 19.2 Å². The number of nitrogens with one attached hydrogen (secondary N) is 1. The van der Waals surface area contributed by atoms with Gasteiger partial charge in [-0.3, -0.25) is 19.6 Å². The molecule has 1 aromatic heterocycles. The molecule has 48 heavy (non-hydrogen) atoms. The van der Waals surface area contributed by atoms with Crippen LogP contribution >= 0.6 is 0 Å². The van der Waals surface area contributed by atoms with Crippen LogP contribution in [-0.4, -0.2) is 101 Å². The van der Waals surface area contributed by atoms with Crippen LogP contribution in [0.2, 0.25) is 0 Å². The molecule has 4 rings (SSSR count). The van der Waals surface area contributed by atoms with Gasteiger partial charge in [0.15, 0.2) is 0 Å². The highest BCUT2D eigenvalue weighted by atomic mass is 16.6. The third kappa shape index (κ3) is 9.31. The normalized spacial score (nSPS) is 12.6. The molecular weight excluding hydrogens is 612 g/mol. The molecule has 1 aliphatic heterocycles. The number of carbonyl (C=O) groups excluding carboxylic acids is 4. The Morgan fingerprint density at radius 3 is 2.17 bits per heavy atom. The van der Waals surface area contributed by atoms with Crippen molar-refractivity contribution < 1.29 is 28.7 Å². The van der Waals surface area contributed by atoms with Gasteiger partial charge < -0.3 is 24.6 Å². The second-order valence-corrected chi connectivity index (χ2v) is 12.7. The zero-order valence-corrected chi connectivity index (χ0v) is 28.9. The number of anilines is 1. The van der Waals surface area contributed by atoms with Crippen molar-refractivity contribution in [1.82, 2.24) is 24.8 Å². The standard InChI is InChI=1S/C36H46N6O6/c1-8-40(35(46)48-36(3,4)5)17-18-41(24-33(44)39(6)42-22-28-11-9-10-12-29(28)23-42)32(43)21-38-30-15-13-26(19-25(30)2)31-16-14-27(20-37-31)34(45)47-7/h9-16,19-20,38H,8,17-18,21-24H2,1-7H3. The average molecular weight is 659 g/mol. The van der Waals surface area contributed by atoms with Crippen LogP contribution in [0.5, 0.6) is 0 Å². The third-order valence-electron chi connectivity index (χ3n) is 8.10. The van der Waals surface area contributed by atoms with Gasteiger partial charge in [-0.05, 0) is 75.6 Å². The number of aromatic nitrogens is 1. The first kappa shape index (κ1) is 35.9. The van der Waals surface area contributed by atoms with E-state index in [1.807, 2.05) is 49.2 Å². The second-order valence-electron chi connectivity index (χ2n) is 12.7. The molecular formula is C36H46N6O6. The molecule has 1 N–H and O–H groups in total. The van der Waals surface area contributed by atoms with E-state index >= 15 is 0 Å². The van der Waals surface area contributed by atoms with Crippen molar-refractivity contribution in [2.75, 3.05) is 52.2 Å². The van der Waals surface area contributed by atoms with Crippen molar-refractivity contribution in [3.63, 3.8) is 0 Å². The first-order valence-electron chi connectivity index (χ1n) is 16.0. The number of likely N-dealkylation sites (N-methyl/N-ethyl adjacent to an activating group) is 2. The number of benzene rings is 2. The molecule has 1 aliphatic rings. The maximum Gasteiger partial charge on any atom is 0.410 e. The Labute approximate surface area is 282 Å². The summed E-state index contributed by atoms with van der Waals surface area (Å²) in [6.45, 7) is 10.9. The smallest absolute Gasteiger partial charge is 0.410 e. The van der Waals surface area contributed by atoms with Gasteiger partial charge in [-0.25, -0.2) is 14.6 Å². The van der Waals surface area contributed by atoms with Crippen LogP contribution in [0.4, 0.5) is 10.5 Å². The summed E-state index contributed by atoms with van der Waals surface area (Å²) in [5.74, 6) is -0.973. The van der Waals surface area contributed by atoms with E-state index in [2.05, 4.69) is 22.4 Å². The third-order valence-corrected chi connectivity index (χ3v) is 8.10. The number of aryl methyl sites for hydroxylation is 1. The molecule has 0 bridgehead atoms. The number of rotatable bonds is 12. The summed E-state index contributed by atoms with van der Waals surface area (Å²) in [5, 5.41) is 6.75. The summed E-state index contributed by atoms with van der Waals surface area (Å²) in [6, 6.07) is 17.2. The van der Waals surface area contributed by atoms with Crippen molar-refractivity contribution in [1.29, 1.82) is 0 Å². The van der Waals surface area contributed by atoms with E-state index < -0.39 is 17.7 Å². The fourth-order valence-corrected chi connectivity index (χ4v) is 5.30. The Kier molecular flexibility index (Phi) is 11.8. The zero-order chi connectivity index (χ0) is 35.0. The molecule has 0 saturated carbocycles. The molecule has 0 fully saturated rings. The van der Waals surface area contributed by atoms with E-state index in [1.165, 1.54) is 34.2 Å². The van der Waals surface area contributed by atoms with E-state index in [4.69, 9.17) is 9.47 Å². The van der Waals surface area contributed by atoms with Crippen LogP contribution in [0.1, 0.15) is 54.7 Å². The SMILES string of the molecule is CCN(CCN(CC(=O)N(C)N1Cc2ccccc2C1)C(=O)CNc1ccc(-c2ccc(C(=O)OC)cn2)cc1C)C(=O)OC(C)(C)C. The van der Waals surface area contributed by atoms with Crippen molar-refractivity contribution in [3.05, 3.63) is 83.0 Å². The van der Waals surface area contributed by atoms with Gasteiger partial charge in [-0.2, -0.15) is 0 Å². The van der Waals surface area contributed by atoms with Crippen molar-refractivity contribution in [2.24, 2.45) is 0 Å². The number of carbonyl (C=O) groups is 4. The van der Waals surface area contributed by atoms with Crippen LogP contribution in [0.15, 0.2) is 60.8 Å². The van der Waals surface area contributed by atoms with Gasteiger partial charge in [0.2, 0.25) is 5.91 Å². The van der Waals surface area contributed by atoms with Crippen LogP contribution in [0.3, 0.4) is 0 Å². The van der Waals surface area contributed by atoms with E-state index in [0.29, 0.717) is 30.9 Å². The lowest BCUT2D eigenvalue weighted by molar-refractivity contribution is -0.151. The molecule has 3 amide bonds. The molecule has 0 saturated heterocycles. The highest BCUT2D eigenvalue weighted by molar-refractivity contribution is 5.89. The van der Waals surface area contributed by atoms with Gasteiger partial charge in [-0.15, -0.1) is 0 Å². The number of amides is 3. The lowest BCUT2D eigenvalue weighted by atomic mass is 10.1. The lowest BCUT2D eigenvalue weighted by Gasteiger charge is -2.32. The van der Waals surface area contributed by atoms with Gasteiger partial charge in [0.1, 0.15) is 12.1 Å². The molecule has 0 atom stereocenters. The first-order chi connectivity index (χ1) is 22.8. The number of nitrogens with zero attached hydrogens (tertiary/aromatic N) is 5. The number of hydrogen-bond donors (Lipinski definition) is 1. The minimum Gasteiger partial charge on any atom is -0.465 e. The maximum atomic E-state index is 13.7. The molecule has 0 aliphatic carbocycles. The highest BCUT2D eigenvalue weighted by Crippen LogP contribution is 2.25.